The van der Waals surface area contributed by atoms with Crippen molar-refractivity contribution in [1.29, 1.82) is 0 Å². The van der Waals surface area contributed by atoms with Crippen molar-refractivity contribution < 1.29 is 4.74 Å². The first-order valence-electron chi connectivity index (χ1n) is 6.52. The van der Waals surface area contributed by atoms with Gasteiger partial charge in [0.1, 0.15) is 0 Å². The zero-order chi connectivity index (χ0) is 13.7. The highest BCUT2D eigenvalue weighted by atomic mass is 16.5. The number of hydrogen-bond donors (Lipinski definition) is 1. The molecule has 1 aromatic heterocycles. The molecule has 4 nitrogen and oxygen atoms in total. The summed E-state index contributed by atoms with van der Waals surface area (Å²) in [4.78, 5) is 4.32. The van der Waals surface area contributed by atoms with E-state index in [1.165, 1.54) is 11.3 Å². The summed E-state index contributed by atoms with van der Waals surface area (Å²) in [6.45, 7) is 6.59. The van der Waals surface area contributed by atoms with E-state index in [9.17, 15) is 0 Å². The Balaban J connectivity index is 2.00. The Morgan fingerprint density at radius 2 is 1.95 bits per heavy atom. The number of methoxy groups -OCH3 is 1. The number of aromatic nitrogens is 2. The molecule has 0 aliphatic carbocycles. The van der Waals surface area contributed by atoms with Crippen LogP contribution >= 0.6 is 0 Å². The second kappa shape index (κ2) is 6.50. The smallest absolute Gasteiger partial charge is 0.0997 e. The summed E-state index contributed by atoms with van der Waals surface area (Å²) < 4.78 is 7.11. The largest absolute Gasteiger partial charge is 0.383 e. The van der Waals surface area contributed by atoms with Crippen molar-refractivity contribution >= 4 is 0 Å². The summed E-state index contributed by atoms with van der Waals surface area (Å²) in [6, 6.07) is 8.54. The molecule has 0 spiro atoms. The lowest BCUT2D eigenvalue weighted by Crippen LogP contribution is -2.18. The van der Waals surface area contributed by atoms with Gasteiger partial charge in [0.25, 0.3) is 0 Å². The van der Waals surface area contributed by atoms with Crippen molar-refractivity contribution in [2.75, 3.05) is 20.3 Å². The van der Waals surface area contributed by atoms with Crippen LogP contribution in [-0.2, 0) is 11.3 Å². The van der Waals surface area contributed by atoms with Crippen molar-refractivity contribution in [1.82, 2.24) is 14.9 Å². The lowest BCUT2D eigenvalue weighted by molar-refractivity contribution is 0.199. The molecule has 0 atom stereocenters. The Morgan fingerprint density at radius 3 is 2.53 bits per heavy atom. The summed E-state index contributed by atoms with van der Waals surface area (Å²) in [5, 5.41) is 3.33. The van der Waals surface area contributed by atoms with Crippen LogP contribution in [-0.4, -0.2) is 29.8 Å². The van der Waals surface area contributed by atoms with Gasteiger partial charge in [0, 0.05) is 31.6 Å². The lowest BCUT2D eigenvalue weighted by atomic mass is 10.2. The molecule has 0 unspecified atom stereocenters. The highest BCUT2D eigenvalue weighted by molar-refractivity contribution is 5.37. The van der Waals surface area contributed by atoms with Crippen LogP contribution in [0.2, 0.25) is 0 Å². The number of imidazole rings is 1. The van der Waals surface area contributed by atoms with Crippen LogP contribution in [0, 0.1) is 13.8 Å². The standard InChI is InChI=1S/C15H21N3O/c1-12-13(2)18(11-17-12)15-6-4-14(5-7-15)10-16-8-9-19-3/h4-7,11,16H,8-10H2,1-3H3. The van der Waals surface area contributed by atoms with Gasteiger partial charge in [-0.1, -0.05) is 12.1 Å². The molecular weight excluding hydrogens is 238 g/mol. The van der Waals surface area contributed by atoms with Gasteiger partial charge in [-0.15, -0.1) is 0 Å². The minimum Gasteiger partial charge on any atom is -0.383 e. The van der Waals surface area contributed by atoms with E-state index in [-0.39, 0.29) is 0 Å². The van der Waals surface area contributed by atoms with Crippen LogP contribution in [0.4, 0.5) is 0 Å². The third kappa shape index (κ3) is 3.43. The number of nitrogens with zero attached hydrogens (tertiary/aromatic N) is 2. The highest BCUT2D eigenvalue weighted by Crippen LogP contribution is 2.14. The molecule has 0 fully saturated rings. The molecule has 1 heterocycles. The second-order valence-corrected chi connectivity index (χ2v) is 4.62. The van der Waals surface area contributed by atoms with Crippen LogP contribution in [0.15, 0.2) is 30.6 Å². The van der Waals surface area contributed by atoms with E-state index in [4.69, 9.17) is 4.74 Å². The number of rotatable bonds is 6. The van der Waals surface area contributed by atoms with Gasteiger partial charge >= 0.3 is 0 Å². The summed E-state index contributed by atoms with van der Waals surface area (Å²) in [5.41, 5.74) is 4.68. The van der Waals surface area contributed by atoms with E-state index >= 15 is 0 Å². The van der Waals surface area contributed by atoms with Crippen molar-refractivity contribution in [2.45, 2.75) is 20.4 Å². The van der Waals surface area contributed by atoms with Gasteiger partial charge in [-0.3, -0.25) is 0 Å². The van der Waals surface area contributed by atoms with E-state index in [0.29, 0.717) is 0 Å². The Bertz CT molecular complexity index is 517. The molecule has 0 bridgehead atoms. The fourth-order valence-electron chi connectivity index (χ4n) is 1.94. The van der Waals surface area contributed by atoms with E-state index in [0.717, 1.165) is 31.1 Å². The molecule has 0 saturated carbocycles. The van der Waals surface area contributed by atoms with E-state index < -0.39 is 0 Å². The fourth-order valence-corrected chi connectivity index (χ4v) is 1.94. The Hall–Kier alpha value is -1.65. The lowest BCUT2D eigenvalue weighted by Gasteiger charge is -2.08. The average molecular weight is 259 g/mol. The molecule has 0 amide bonds. The summed E-state index contributed by atoms with van der Waals surface area (Å²) in [7, 11) is 1.71. The summed E-state index contributed by atoms with van der Waals surface area (Å²) >= 11 is 0. The number of benzene rings is 1. The predicted octanol–water partition coefficient (Wildman–Crippen LogP) is 2.23. The van der Waals surface area contributed by atoms with E-state index in [2.05, 4.69) is 46.1 Å². The molecule has 19 heavy (non-hydrogen) atoms. The molecule has 0 radical (unpaired) electrons. The maximum Gasteiger partial charge on any atom is 0.0997 e. The maximum atomic E-state index is 5.00. The monoisotopic (exact) mass is 259 g/mol. The molecule has 0 saturated heterocycles. The van der Waals surface area contributed by atoms with Crippen LogP contribution in [0.5, 0.6) is 0 Å². The van der Waals surface area contributed by atoms with E-state index in [1.807, 2.05) is 13.3 Å². The quantitative estimate of drug-likeness (QED) is 0.809. The van der Waals surface area contributed by atoms with Crippen molar-refractivity contribution in [3.05, 3.63) is 47.5 Å². The van der Waals surface area contributed by atoms with Crippen molar-refractivity contribution in [2.24, 2.45) is 0 Å². The molecule has 0 aliphatic heterocycles. The first-order chi connectivity index (χ1) is 9.22. The Labute approximate surface area is 114 Å². The number of aryl methyl sites for hydroxylation is 1. The first-order valence-corrected chi connectivity index (χ1v) is 6.52. The topological polar surface area (TPSA) is 39.1 Å². The normalized spacial score (nSPS) is 10.9. The van der Waals surface area contributed by atoms with Crippen molar-refractivity contribution in [3.63, 3.8) is 0 Å². The molecule has 1 aromatic carbocycles. The minimum atomic E-state index is 0.742. The zero-order valence-electron chi connectivity index (χ0n) is 11.8. The van der Waals surface area contributed by atoms with Crippen LogP contribution < -0.4 is 5.32 Å². The van der Waals surface area contributed by atoms with Gasteiger partial charge < -0.3 is 14.6 Å². The van der Waals surface area contributed by atoms with Gasteiger partial charge in [-0.25, -0.2) is 4.98 Å². The third-order valence-electron chi connectivity index (χ3n) is 3.28. The Morgan fingerprint density at radius 1 is 1.21 bits per heavy atom. The maximum absolute atomic E-state index is 5.00. The molecule has 1 N–H and O–H groups in total. The molecule has 0 aliphatic rings. The highest BCUT2D eigenvalue weighted by Gasteiger charge is 2.03. The van der Waals surface area contributed by atoms with Gasteiger partial charge in [0.2, 0.25) is 0 Å². The zero-order valence-corrected chi connectivity index (χ0v) is 11.8. The molecule has 2 rings (SSSR count). The molecule has 2 aromatic rings. The Kier molecular flexibility index (Phi) is 4.71. The molecule has 4 heteroatoms. The summed E-state index contributed by atoms with van der Waals surface area (Å²) in [5.74, 6) is 0. The minimum absolute atomic E-state index is 0.742. The average Bonchev–Trinajstić information content (AvgIpc) is 2.76. The van der Waals surface area contributed by atoms with Crippen LogP contribution in [0.25, 0.3) is 5.69 Å². The third-order valence-corrected chi connectivity index (χ3v) is 3.28. The van der Waals surface area contributed by atoms with Crippen molar-refractivity contribution in [3.8, 4) is 5.69 Å². The second-order valence-electron chi connectivity index (χ2n) is 4.62. The van der Waals surface area contributed by atoms with Gasteiger partial charge in [-0.2, -0.15) is 0 Å². The van der Waals surface area contributed by atoms with Gasteiger partial charge in [0.05, 0.1) is 18.6 Å². The van der Waals surface area contributed by atoms with Gasteiger partial charge in [0.15, 0.2) is 0 Å². The fraction of sp³-hybridized carbons (Fsp3) is 0.400. The summed E-state index contributed by atoms with van der Waals surface area (Å²) in [6.07, 6.45) is 1.87. The SMILES string of the molecule is COCCNCc1ccc(-n2cnc(C)c2C)cc1. The first kappa shape index (κ1) is 13.8. The predicted molar refractivity (Wildman–Crippen MR) is 76.6 cm³/mol. The molecular formula is C15H21N3O. The number of ether oxygens (including phenoxy) is 1. The molecule has 102 valence electrons. The number of hydrogen-bond acceptors (Lipinski definition) is 3. The van der Waals surface area contributed by atoms with Crippen LogP contribution in [0.3, 0.4) is 0 Å². The van der Waals surface area contributed by atoms with Gasteiger partial charge in [-0.05, 0) is 31.5 Å². The van der Waals surface area contributed by atoms with Crippen LogP contribution in [0.1, 0.15) is 17.0 Å². The number of nitrogens with one attached hydrogen (secondary N) is 1. The van der Waals surface area contributed by atoms with E-state index in [1.54, 1.807) is 7.11 Å².